The van der Waals surface area contributed by atoms with E-state index in [4.69, 9.17) is 22.1 Å². The Balaban J connectivity index is 0.000000370. The van der Waals surface area contributed by atoms with Crippen molar-refractivity contribution in [1.29, 1.82) is 0 Å². The molecule has 0 radical (unpaired) electrons. The maximum absolute atomic E-state index is 11.8. The van der Waals surface area contributed by atoms with Gasteiger partial charge in [0.2, 0.25) is 0 Å². The van der Waals surface area contributed by atoms with Crippen molar-refractivity contribution in [2.75, 3.05) is 0 Å². The number of halogens is 3. The summed E-state index contributed by atoms with van der Waals surface area (Å²) in [5, 5.41) is 10.5. The third-order valence-corrected chi connectivity index (χ3v) is 3.95. The predicted molar refractivity (Wildman–Crippen MR) is 99.8 cm³/mol. The molecule has 1 unspecified atom stereocenters. The Hall–Kier alpha value is -3.06. The number of nitrogens with one attached hydrogen (secondary N) is 3. The largest absolute Gasteiger partial charge is 0.490 e. The maximum Gasteiger partial charge on any atom is 0.490 e. The molecule has 0 aliphatic carbocycles. The molecule has 0 aliphatic heterocycles. The first-order chi connectivity index (χ1) is 13.6. The topological polar surface area (TPSA) is 129 Å². The Labute approximate surface area is 166 Å². The van der Waals surface area contributed by atoms with Gasteiger partial charge in [0.25, 0.3) is 5.56 Å². The van der Waals surface area contributed by atoms with Gasteiger partial charge in [-0.25, -0.2) is 9.78 Å². The first kappa shape index (κ1) is 22.2. The van der Waals surface area contributed by atoms with E-state index in [0.717, 1.165) is 5.69 Å². The van der Waals surface area contributed by atoms with Crippen LogP contribution in [0, 0.1) is 4.77 Å². The normalized spacial score (nSPS) is 12.3. The molecule has 4 N–H and O–H groups in total. The summed E-state index contributed by atoms with van der Waals surface area (Å²) in [4.78, 5) is 34.6. The number of H-pyrrole nitrogens is 2. The van der Waals surface area contributed by atoms with Crippen molar-refractivity contribution in [2.24, 2.45) is 0 Å². The summed E-state index contributed by atoms with van der Waals surface area (Å²) in [6.07, 6.45) is -1.82. The molecule has 13 heteroatoms. The van der Waals surface area contributed by atoms with E-state index in [0.29, 0.717) is 29.0 Å². The SMILES string of the molecule is CC(Cn1c(=S)[nH]c(=O)c2[nH]cnc21)NCc1ccccn1.O=C(O)C(F)(F)F. The lowest BCUT2D eigenvalue weighted by Gasteiger charge is -2.16. The number of hydrogen-bond donors (Lipinski definition) is 4. The zero-order valence-corrected chi connectivity index (χ0v) is 15.8. The van der Waals surface area contributed by atoms with Gasteiger partial charge >= 0.3 is 12.1 Å². The van der Waals surface area contributed by atoms with Gasteiger partial charge in [0.1, 0.15) is 5.52 Å². The zero-order valence-electron chi connectivity index (χ0n) is 15.0. The fourth-order valence-electron chi connectivity index (χ4n) is 2.27. The van der Waals surface area contributed by atoms with Gasteiger partial charge in [0, 0.05) is 25.3 Å². The number of hydrogen-bond acceptors (Lipinski definition) is 6. The predicted octanol–water partition coefficient (Wildman–Crippen LogP) is 1.99. The van der Waals surface area contributed by atoms with Gasteiger partial charge in [-0.15, -0.1) is 0 Å². The van der Waals surface area contributed by atoms with Gasteiger partial charge in [-0.05, 0) is 31.3 Å². The highest BCUT2D eigenvalue weighted by Crippen LogP contribution is 2.13. The molecule has 3 rings (SSSR count). The van der Waals surface area contributed by atoms with Crippen LogP contribution in [0.5, 0.6) is 0 Å². The molecule has 3 aromatic heterocycles. The van der Waals surface area contributed by atoms with E-state index >= 15 is 0 Å². The third-order valence-electron chi connectivity index (χ3n) is 3.62. The summed E-state index contributed by atoms with van der Waals surface area (Å²) >= 11 is 5.24. The van der Waals surface area contributed by atoms with E-state index in [1.807, 2.05) is 29.7 Å². The summed E-state index contributed by atoms with van der Waals surface area (Å²) in [5.41, 5.74) is 1.73. The summed E-state index contributed by atoms with van der Waals surface area (Å²) < 4.78 is 33.9. The Morgan fingerprint density at radius 1 is 1.38 bits per heavy atom. The number of nitrogens with zero attached hydrogens (tertiary/aromatic N) is 3. The van der Waals surface area contributed by atoms with Crippen molar-refractivity contribution >= 4 is 29.4 Å². The molecule has 0 amide bonds. The molecule has 9 nitrogen and oxygen atoms in total. The summed E-state index contributed by atoms with van der Waals surface area (Å²) in [6, 6.07) is 5.96. The van der Waals surface area contributed by atoms with Gasteiger partial charge in [0.05, 0.1) is 12.0 Å². The second kappa shape index (κ2) is 9.43. The van der Waals surface area contributed by atoms with Crippen LogP contribution in [0.2, 0.25) is 0 Å². The minimum atomic E-state index is -5.08. The summed E-state index contributed by atoms with van der Waals surface area (Å²) in [6.45, 7) is 3.32. The molecule has 3 heterocycles. The second-order valence-electron chi connectivity index (χ2n) is 5.88. The van der Waals surface area contributed by atoms with Crippen LogP contribution < -0.4 is 10.9 Å². The molecule has 0 aromatic carbocycles. The number of carboxylic acids is 1. The first-order valence-electron chi connectivity index (χ1n) is 8.19. The number of fused-ring (bicyclic) bond motifs is 1. The molecule has 29 heavy (non-hydrogen) atoms. The molecule has 0 bridgehead atoms. The fraction of sp³-hybridized carbons (Fsp3) is 0.312. The Morgan fingerprint density at radius 3 is 2.66 bits per heavy atom. The summed E-state index contributed by atoms with van der Waals surface area (Å²) in [7, 11) is 0. The van der Waals surface area contributed by atoms with Crippen molar-refractivity contribution < 1.29 is 23.1 Å². The highest BCUT2D eigenvalue weighted by Gasteiger charge is 2.38. The lowest BCUT2D eigenvalue weighted by molar-refractivity contribution is -0.192. The molecular weight excluding hydrogens is 413 g/mol. The monoisotopic (exact) mass is 430 g/mol. The van der Waals surface area contributed by atoms with E-state index in [2.05, 4.69) is 25.3 Å². The van der Waals surface area contributed by atoms with Crippen molar-refractivity contribution in [3.05, 3.63) is 51.5 Å². The van der Waals surface area contributed by atoms with Crippen LogP contribution in [0.1, 0.15) is 12.6 Å². The lowest BCUT2D eigenvalue weighted by Crippen LogP contribution is -2.31. The van der Waals surface area contributed by atoms with Crippen LogP contribution in [-0.4, -0.2) is 47.8 Å². The highest BCUT2D eigenvalue weighted by atomic mass is 32.1. The maximum atomic E-state index is 11.8. The van der Waals surface area contributed by atoms with Gasteiger partial charge in [0.15, 0.2) is 10.4 Å². The van der Waals surface area contributed by atoms with Crippen LogP contribution in [0.3, 0.4) is 0 Å². The van der Waals surface area contributed by atoms with E-state index in [-0.39, 0.29) is 11.6 Å². The van der Waals surface area contributed by atoms with Crippen molar-refractivity contribution in [1.82, 2.24) is 29.8 Å². The first-order valence-corrected chi connectivity index (χ1v) is 8.60. The second-order valence-corrected chi connectivity index (χ2v) is 6.26. The average molecular weight is 430 g/mol. The number of rotatable bonds is 5. The lowest BCUT2D eigenvalue weighted by atomic mass is 10.3. The number of imidazole rings is 1. The number of carboxylic acid groups (broad SMARTS) is 1. The van der Waals surface area contributed by atoms with Gasteiger partial charge in [-0.3, -0.25) is 19.3 Å². The Kier molecular flexibility index (Phi) is 7.23. The molecule has 0 aliphatic rings. The molecule has 156 valence electrons. The van der Waals surface area contributed by atoms with Gasteiger partial charge in [-0.2, -0.15) is 13.2 Å². The zero-order chi connectivity index (χ0) is 21.6. The minimum absolute atomic E-state index is 0.138. The van der Waals surface area contributed by atoms with Crippen LogP contribution in [-0.2, 0) is 17.9 Å². The number of carbonyl (C=O) groups is 1. The van der Waals surface area contributed by atoms with E-state index in [1.165, 1.54) is 6.33 Å². The molecule has 0 fully saturated rings. The van der Waals surface area contributed by atoms with Gasteiger partial charge in [-0.1, -0.05) is 6.07 Å². The highest BCUT2D eigenvalue weighted by molar-refractivity contribution is 7.71. The van der Waals surface area contributed by atoms with Gasteiger partial charge < -0.3 is 15.4 Å². The molecule has 1 atom stereocenters. The molecular formula is C16H17F3N6O3S. The number of aromatic nitrogens is 5. The van der Waals surface area contributed by atoms with Crippen molar-refractivity contribution in [3.63, 3.8) is 0 Å². The fourth-order valence-corrected chi connectivity index (χ4v) is 2.53. The molecule has 0 saturated carbocycles. The van der Waals surface area contributed by atoms with Crippen LogP contribution in [0.25, 0.3) is 11.2 Å². The smallest absolute Gasteiger partial charge is 0.475 e. The Bertz CT molecular complexity index is 1080. The standard InChI is InChI=1S/C14H16N6OS.C2HF3O2/c1-9(16-6-10-4-2-3-5-15-10)7-20-12-11(17-8-18-12)13(21)19-14(20)22;3-2(4,5)1(6)7/h2-5,8-9,16H,6-7H2,1H3,(H,17,18)(H,19,21,22);(H,6,7). The number of pyridine rings is 1. The van der Waals surface area contributed by atoms with Crippen LogP contribution >= 0.6 is 12.2 Å². The van der Waals surface area contributed by atoms with Crippen molar-refractivity contribution in [2.45, 2.75) is 32.2 Å². The van der Waals surface area contributed by atoms with E-state index in [1.54, 1.807) is 6.20 Å². The minimum Gasteiger partial charge on any atom is -0.475 e. The Morgan fingerprint density at radius 2 is 2.07 bits per heavy atom. The summed E-state index contributed by atoms with van der Waals surface area (Å²) in [5.74, 6) is -2.76. The quantitative estimate of drug-likeness (QED) is 0.456. The van der Waals surface area contributed by atoms with E-state index < -0.39 is 12.1 Å². The molecule has 0 saturated heterocycles. The molecule has 3 aromatic rings. The third kappa shape index (κ3) is 6.22. The van der Waals surface area contributed by atoms with E-state index in [9.17, 15) is 18.0 Å². The number of aromatic amines is 2. The van der Waals surface area contributed by atoms with Crippen molar-refractivity contribution in [3.8, 4) is 0 Å². The molecule has 0 spiro atoms. The van der Waals surface area contributed by atoms with Crippen LogP contribution in [0.15, 0.2) is 35.5 Å². The number of aliphatic carboxylic acids is 1. The number of alkyl halides is 3. The van der Waals surface area contributed by atoms with Crippen LogP contribution in [0.4, 0.5) is 13.2 Å². The average Bonchev–Trinajstić information content (AvgIpc) is 3.14.